The van der Waals surface area contributed by atoms with Crippen LogP contribution in [0.25, 0.3) is 11.5 Å². The smallest absolute Gasteiger partial charge is 0.272 e. The summed E-state index contributed by atoms with van der Waals surface area (Å²) in [5.41, 5.74) is 2.54. The molecule has 2 N–H and O–H groups in total. The molecule has 3 aromatic rings. The van der Waals surface area contributed by atoms with Gasteiger partial charge in [0.1, 0.15) is 18.6 Å². The molecule has 0 aliphatic carbocycles. The van der Waals surface area contributed by atoms with E-state index >= 15 is 0 Å². The monoisotopic (exact) mass is 400 g/mol. The molecule has 8 heteroatoms. The number of nitrogens with one attached hydrogen (secondary N) is 2. The Bertz CT molecular complexity index is 929. The highest BCUT2D eigenvalue weighted by Gasteiger charge is 2.08. The number of halogens is 2. The van der Waals surface area contributed by atoms with Gasteiger partial charge in [0.15, 0.2) is 5.96 Å². The number of alkyl halides is 2. The summed E-state index contributed by atoms with van der Waals surface area (Å²) >= 11 is 0. The van der Waals surface area contributed by atoms with E-state index in [0.29, 0.717) is 30.7 Å². The van der Waals surface area contributed by atoms with E-state index in [0.717, 1.165) is 16.8 Å². The van der Waals surface area contributed by atoms with E-state index in [-0.39, 0.29) is 0 Å². The lowest BCUT2D eigenvalue weighted by Crippen LogP contribution is -2.36. The average Bonchev–Trinajstić information content (AvgIpc) is 3.22. The van der Waals surface area contributed by atoms with Gasteiger partial charge in [-0.3, -0.25) is 4.99 Å². The second kappa shape index (κ2) is 10.2. The minimum Gasteiger partial charge on any atom is -0.488 e. The van der Waals surface area contributed by atoms with Crippen LogP contribution in [-0.2, 0) is 13.1 Å². The molecule has 1 aromatic heterocycles. The highest BCUT2D eigenvalue weighted by atomic mass is 19.3. The molecule has 0 atom stereocenters. The summed E-state index contributed by atoms with van der Waals surface area (Å²) < 4.78 is 35.1. The van der Waals surface area contributed by atoms with Crippen LogP contribution in [0.4, 0.5) is 8.78 Å². The molecule has 0 aliphatic heterocycles. The number of hydrogen-bond acceptors (Lipinski definition) is 4. The molecule has 6 nitrogen and oxygen atoms in total. The lowest BCUT2D eigenvalue weighted by atomic mass is 10.2. The Morgan fingerprint density at radius 3 is 2.66 bits per heavy atom. The Hall–Kier alpha value is -3.42. The standard InChI is InChI=1S/C21H22F2N4O2/c1-24-21(25-11-15-6-5-9-18(10-15)28-14-19(22)23)26-12-17-13-29-20(27-17)16-7-3-2-4-8-16/h2-10,13,19H,11-12,14H2,1H3,(H2,24,25,26). The number of ether oxygens (including phenoxy) is 1. The first-order chi connectivity index (χ1) is 14.1. The molecule has 0 fully saturated rings. The normalized spacial score (nSPS) is 11.5. The predicted molar refractivity (Wildman–Crippen MR) is 107 cm³/mol. The van der Waals surface area contributed by atoms with Crippen LogP contribution in [0.1, 0.15) is 11.3 Å². The zero-order valence-corrected chi connectivity index (χ0v) is 15.9. The van der Waals surface area contributed by atoms with Gasteiger partial charge in [-0.2, -0.15) is 0 Å². The first kappa shape index (κ1) is 20.3. The zero-order chi connectivity index (χ0) is 20.5. The maximum atomic E-state index is 12.3. The van der Waals surface area contributed by atoms with Crippen LogP contribution in [0.15, 0.2) is 70.3 Å². The summed E-state index contributed by atoms with van der Waals surface area (Å²) in [7, 11) is 1.66. The Balaban J connectivity index is 1.50. The summed E-state index contributed by atoms with van der Waals surface area (Å²) in [6.07, 6.45) is -0.898. The fourth-order valence-electron chi connectivity index (χ4n) is 2.59. The van der Waals surface area contributed by atoms with E-state index in [9.17, 15) is 8.78 Å². The third-order valence-electron chi connectivity index (χ3n) is 3.97. The first-order valence-corrected chi connectivity index (χ1v) is 9.08. The maximum Gasteiger partial charge on any atom is 0.272 e. The van der Waals surface area contributed by atoms with Gasteiger partial charge in [0.2, 0.25) is 5.89 Å². The maximum absolute atomic E-state index is 12.3. The van der Waals surface area contributed by atoms with Crippen molar-refractivity contribution in [2.45, 2.75) is 19.5 Å². The summed E-state index contributed by atoms with van der Waals surface area (Å²) in [5.74, 6) is 1.54. The van der Waals surface area contributed by atoms with Gasteiger partial charge in [-0.15, -0.1) is 0 Å². The van der Waals surface area contributed by atoms with Gasteiger partial charge in [-0.25, -0.2) is 13.8 Å². The van der Waals surface area contributed by atoms with Crippen molar-refractivity contribution < 1.29 is 17.9 Å². The second-order valence-corrected chi connectivity index (χ2v) is 6.14. The van der Waals surface area contributed by atoms with Crippen LogP contribution in [-0.4, -0.2) is 31.0 Å². The Morgan fingerprint density at radius 1 is 1.10 bits per heavy atom. The lowest BCUT2D eigenvalue weighted by molar-refractivity contribution is 0.0818. The minimum atomic E-state index is -2.50. The average molecular weight is 400 g/mol. The van der Waals surface area contributed by atoms with E-state index in [1.807, 2.05) is 36.4 Å². The molecular weight excluding hydrogens is 378 g/mol. The molecule has 0 radical (unpaired) electrons. The Morgan fingerprint density at radius 2 is 1.90 bits per heavy atom. The van der Waals surface area contributed by atoms with Crippen molar-refractivity contribution in [3.05, 3.63) is 72.1 Å². The summed E-state index contributed by atoms with van der Waals surface area (Å²) in [6, 6.07) is 16.7. The number of nitrogens with zero attached hydrogens (tertiary/aromatic N) is 2. The Labute approximate surface area is 167 Å². The summed E-state index contributed by atoms with van der Waals surface area (Å²) in [5, 5.41) is 6.32. The van der Waals surface area contributed by atoms with E-state index in [4.69, 9.17) is 9.15 Å². The molecule has 0 spiro atoms. The molecule has 1 heterocycles. The van der Waals surface area contributed by atoms with E-state index in [1.54, 1.807) is 31.5 Å². The topological polar surface area (TPSA) is 71.7 Å². The first-order valence-electron chi connectivity index (χ1n) is 9.08. The van der Waals surface area contributed by atoms with Crippen LogP contribution < -0.4 is 15.4 Å². The Kier molecular flexibility index (Phi) is 7.16. The third kappa shape index (κ3) is 6.31. The molecule has 0 saturated heterocycles. The van der Waals surface area contributed by atoms with Gasteiger partial charge < -0.3 is 19.8 Å². The van der Waals surface area contributed by atoms with Crippen molar-refractivity contribution >= 4 is 5.96 Å². The van der Waals surface area contributed by atoms with Crippen molar-refractivity contribution in [1.29, 1.82) is 0 Å². The number of aromatic nitrogens is 1. The largest absolute Gasteiger partial charge is 0.488 e. The number of rotatable bonds is 8. The number of guanidine groups is 1. The van der Waals surface area contributed by atoms with Gasteiger partial charge in [-0.05, 0) is 29.8 Å². The van der Waals surface area contributed by atoms with E-state index < -0.39 is 13.0 Å². The molecule has 0 saturated carbocycles. The number of hydrogen-bond donors (Lipinski definition) is 2. The van der Waals surface area contributed by atoms with Crippen molar-refractivity contribution in [2.75, 3.05) is 13.7 Å². The van der Waals surface area contributed by atoms with Gasteiger partial charge in [0.05, 0.1) is 12.2 Å². The number of benzene rings is 2. The van der Waals surface area contributed by atoms with Crippen LogP contribution >= 0.6 is 0 Å². The zero-order valence-electron chi connectivity index (χ0n) is 15.9. The van der Waals surface area contributed by atoms with Crippen LogP contribution in [0.3, 0.4) is 0 Å². The molecule has 0 unspecified atom stereocenters. The molecule has 0 bridgehead atoms. The predicted octanol–water partition coefficient (Wildman–Crippen LogP) is 3.85. The molecule has 3 rings (SSSR count). The van der Waals surface area contributed by atoms with Crippen molar-refractivity contribution in [3.8, 4) is 17.2 Å². The van der Waals surface area contributed by atoms with Crippen molar-refractivity contribution in [3.63, 3.8) is 0 Å². The second-order valence-electron chi connectivity index (χ2n) is 6.14. The fourth-order valence-corrected chi connectivity index (χ4v) is 2.59. The SMILES string of the molecule is CN=C(NCc1cccc(OCC(F)F)c1)NCc1coc(-c2ccccc2)n1. The number of aliphatic imine (C=N–C) groups is 1. The summed E-state index contributed by atoms with van der Waals surface area (Å²) in [6.45, 7) is 0.274. The highest BCUT2D eigenvalue weighted by Crippen LogP contribution is 2.18. The lowest BCUT2D eigenvalue weighted by Gasteiger charge is -2.12. The van der Waals surface area contributed by atoms with E-state index in [1.165, 1.54) is 0 Å². The van der Waals surface area contributed by atoms with E-state index in [2.05, 4.69) is 20.6 Å². The molecule has 29 heavy (non-hydrogen) atoms. The van der Waals surface area contributed by atoms with Crippen molar-refractivity contribution in [1.82, 2.24) is 15.6 Å². The molecule has 152 valence electrons. The van der Waals surface area contributed by atoms with Crippen LogP contribution in [0.5, 0.6) is 5.75 Å². The van der Waals surface area contributed by atoms with Gasteiger partial charge in [0, 0.05) is 19.2 Å². The van der Waals surface area contributed by atoms with Gasteiger partial charge in [0.25, 0.3) is 6.43 Å². The fraction of sp³-hybridized carbons (Fsp3) is 0.238. The molecular formula is C21H22F2N4O2. The number of oxazole rings is 1. The molecule has 0 aliphatic rings. The highest BCUT2D eigenvalue weighted by molar-refractivity contribution is 5.79. The third-order valence-corrected chi connectivity index (χ3v) is 3.97. The van der Waals surface area contributed by atoms with Gasteiger partial charge in [-0.1, -0.05) is 30.3 Å². The quantitative estimate of drug-likeness (QED) is 0.444. The van der Waals surface area contributed by atoms with Crippen LogP contribution in [0, 0.1) is 0 Å². The van der Waals surface area contributed by atoms with Gasteiger partial charge >= 0.3 is 0 Å². The minimum absolute atomic E-state index is 0.406. The van der Waals surface area contributed by atoms with Crippen molar-refractivity contribution in [2.24, 2.45) is 4.99 Å². The molecule has 2 aromatic carbocycles. The summed E-state index contributed by atoms with van der Waals surface area (Å²) in [4.78, 5) is 8.63. The van der Waals surface area contributed by atoms with Crippen LogP contribution in [0.2, 0.25) is 0 Å². The molecule has 0 amide bonds.